The van der Waals surface area contributed by atoms with Crippen molar-refractivity contribution in [2.75, 3.05) is 13.2 Å². The van der Waals surface area contributed by atoms with E-state index in [2.05, 4.69) is 43.5 Å². The van der Waals surface area contributed by atoms with Gasteiger partial charge in [0.15, 0.2) is 6.29 Å². The average Bonchev–Trinajstić information content (AvgIpc) is 3.39. The molecule has 1 saturated heterocycles. The number of hydrogen-bond donors (Lipinski definition) is 8. The molecule has 1 aliphatic heterocycles. The van der Waals surface area contributed by atoms with E-state index < -0.39 is 74.2 Å². The van der Waals surface area contributed by atoms with E-state index >= 15 is 0 Å². The van der Waals surface area contributed by atoms with E-state index in [0.717, 1.165) is 38.5 Å². The summed E-state index contributed by atoms with van der Waals surface area (Å²) in [6.07, 6.45) is 51.0. The van der Waals surface area contributed by atoms with Crippen LogP contribution < -0.4 is 5.32 Å². The van der Waals surface area contributed by atoms with Gasteiger partial charge in [-0.25, -0.2) is 0 Å². The molecule has 11 nitrogen and oxygen atoms in total. The maximum atomic E-state index is 13.2. The molecular weight excluding hydrogens is 919 g/mol. The molecule has 0 saturated carbocycles. The van der Waals surface area contributed by atoms with Gasteiger partial charge >= 0.3 is 0 Å². The standard InChI is InChI=1S/C62H119NO10/c1-3-5-7-9-11-13-15-17-19-21-23-25-27-29-31-33-35-37-39-41-43-45-47-49-54(65)57(67)53(52-72-62-60(70)59(69)58(68)56(51-64)73-62)63-61(71)55(66)50-48-46-44-42-40-38-36-34-32-30-28-26-24-22-20-18-16-14-12-10-8-6-4-2/h33,35,41,43,53-60,62,64-70H,3-32,34,36-40,42,44-52H2,1-2H3,(H,63,71)/b35-33+,43-41+. The Morgan fingerprint density at radius 1 is 0.466 bits per heavy atom. The highest BCUT2D eigenvalue weighted by molar-refractivity contribution is 5.80. The largest absolute Gasteiger partial charge is 0.394 e. The van der Waals surface area contributed by atoms with Crippen molar-refractivity contribution < 1.29 is 50.0 Å². The smallest absolute Gasteiger partial charge is 0.249 e. The van der Waals surface area contributed by atoms with Gasteiger partial charge in [0.25, 0.3) is 0 Å². The number of nitrogens with one attached hydrogen (secondary N) is 1. The van der Waals surface area contributed by atoms with Crippen molar-refractivity contribution in [1.29, 1.82) is 0 Å². The van der Waals surface area contributed by atoms with Crippen molar-refractivity contribution >= 4 is 5.91 Å². The van der Waals surface area contributed by atoms with Crippen molar-refractivity contribution in [2.24, 2.45) is 0 Å². The third kappa shape index (κ3) is 39.6. The van der Waals surface area contributed by atoms with Gasteiger partial charge in [0.1, 0.15) is 36.6 Å². The van der Waals surface area contributed by atoms with Gasteiger partial charge in [-0.05, 0) is 51.4 Å². The first-order valence-electron chi connectivity index (χ1n) is 31.2. The summed E-state index contributed by atoms with van der Waals surface area (Å²) in [5, 5.41) is 76.2. The maximum Gasteiger partial charge on any atom is 0.249 e. The molecule has 0 radical (unpaired) electrons. The van der Waals surface area contributed by atoms with E-state index in [-0.39, 0.29) is 12.8 Å². The van der Waals surface area contributed by atoms with E-state index in [1.165, 1.54) is 212 Å². The number of aliphatic hydroxyl groups excluding tert-OH is 7. The van der Waals surface area contributed by atoms with Crippen molar-refractivity contribution in [1.82, 2.24) is 5.32 Å². The fourth-order valence-electron chi connectivity index (χ4n) is 10.2. The Hall–Kier alpha value is -1.41. The zero-order chi connectivity index (χ0) is 53.3. The molecule has 11 heteroatoms. The molecule has 1 rings (SSSR count). The zero-order valence-corrected chi connectivity index (χ0v) is 47.4. The molecule has 0 aliphatic carbocycles. The Bertz CT molecular complexity index is 1240. The van der Waals surface area contributed by atoms with Crippen LogP contribution in [0.15, 0.2) is 24.3 Å². The van der Waals surface area contributed by atoms with Gasteiger partial charge in [-0.1, -0.05) is 269 Å². The molecule has 8 N–H and O–H groups in total. The van der Waals surface area contributed by atoms with Crippen LogP contribution in [-0.2, 0) is 14.3 Å². The minimum Gasteiger partial charge on any atom is -0.394 e. The van der Waals surface area contributed by atoms with E-state index in [1.807, 2.05) is 0 Å². The van der Waals surface area contributed by atoms with Crippen LogP contribution in [0.2, 0.25) is 0 Å². The van der Waals surface area contributed by atoms with Crippen LogP contribution in [0.4, 0.5) is 0 Å². The van der Waals surface area contributed by atoms with Gasteiger partial charge in [0.2, 0.25) is 5.91 Å². The van der Waals surface area contributed by atoms with Crippen molar-refractivity contribution in [2.45, 2.75) is 351 Å². The molecule has 1 fully saturated rings. The molecule has 9 atom stereocenters. The molecule has 73 heavy (non-hydrogen) atoms. The first-order valence-corrected chi connectivity index (χ1v) is 31.2. The Morgan fingerprint density at radius 3 is 1.22 bits per heavy atom. The molecule has 432 valence electrons. The number of hydrogen-bond acceptors (Lipinski definition) is 10. The third-order valence-electron chi connectivity index (χ3n) is 15.2. The third-order valence-corrected chi connectivity index (χ3v) is 15.2. The average molecular weight is 1040 g/mol. The first-order chi connectivity index (χ1) is 35.7. The lowest BCUT2D eigenvalue weighted by molar-refractivity contribution is -0.303. The summed E-state index contributed by atoms with van der Waals surface area (Å²) in [6, 6.07) is -1.19. The molecule has 9 unspecified atom stereocenters. The minimum absolute atomic E-state index is 0.249. The normalized spacial score (nSPS) is 20.0. The number of carbonyl (C=O) groups excluding carboxylic acids is 1. The highest BCUT2D eigenvalue weighted by Crippen LogP contribution is 2.23. The quantitative estimate of drug-likeness (QED) is 0.0215. The predicted octanol–water partition coefficient (Wildman–Crippen LogP) is 13.7. The van der Waals surface area contributed by atoms with Crippen LogP contribution in [0.5, 0.6) is 0 Å². The summed E-state index contributed by atoms with van der Waals surface area (Å²) in [5.74, 6) is -0.705. The second-order valence-corrected chi connectivity index (χ2v) is 22.1. The van der Waals surface area contributed by atoms with Crippen LogP contribution in [0, 0.1) is 0 Å². The number of allylic oxidation sites excluding steroid dienone is 4. The fraction of sp³-hybridized carbons (Fsp3) is 0.919. The van der Waals surface area contributed by atoms with Gasteiger partial charge < -0.3 is 50.5 Å². The highest BCUT2D eigenvalue weighted by atomic mass is 16.7. The number of amides is 1. The number of unbranched alkanes of at least 4 members (excludes halogenated alkanes) is 38. The van der Waals surface area contributed by atoms with Crippen molar-refractivity contribution in [3.63, 3.8) is 0 Å². The number of rotatable bonds is 54. The molecular formula is C62H119NO10. The Balaban J connectivity index is 2.30. The van der Waals surface area contributed by atoms with Crippen LogP contribution in [0.1, 0.15) is 296 Å². The molecule has 1 aliphatic rings. The van der Waals surface area contributed by atoms with E-state index in [9.17, 15) is 40.5 Å². The molecule has 1 amide bonds. The van der Waals surface area contributed by atoms with Crippen LogP contribution >= 0.6 is 0 Å². The number of ether oxygens (including phenoxy) is 2. The predicted molar refractivity (Wildman–Crippen MR) is 302 cm³/mol. The Labute approximate surface area is 448 Å². The van der Waals surface area contributed by atoms with E-state index in [1.54, 1.807) is 0 Å². The number of carbonyl (C=O) groups is 1. The summed E-state index contributed by atoms with van der Waals surface area (Å²) in [6.45, 7) is 3.48. The van der Waals surface area contributed by atoms with Crippen LogP contribution in [0.3, 0.4) is 0 Å². The molecule has 0 aromatic carbocycles. The monoisotopic (exact) mass is 1040 g/mol. The Morgan fingerprint density at radius 2 is 0.822 bits per heavy atom. The van der Waals surface area contributed by atoms with E-state index in [0.29, 0.717) is 19.3 Å². The second kappa shape index (κ2) is 51.4. The molecule has 0 spiro atoms. The van der Waals surface area contributed by atoms with Gasteiger partial charge in [0.05, 0.1) is 25.4 Å². The fourth-order valence-corrected chi connectivity index (χ4v) is 10.2. The lowest BCUT2D eigenvalue weighted by Gasteiger charge is -2.40. The van der Waals surface area contributed by atoms with E-state index in [4.69, 9.17) is 9.47 Å². The summed E-state index contributed by atoms with van der Waals surface area (Å²) < 4.78 is 11.1. The summed E-state index contributed by atoms with van der Waals surface area (Å²) in [4.78, 5) is 13.2. The van der Waals surface area contributed by atoms with Crippen LogP contribution in [-0.4, -0.2) is 110 Å². The van der Waals surface area contributed by atoms with Crippen LogP contribution in [0.25, 0.3) is 0 Å². The van der Waals surface area contributed by atoms with Gasteiger partial charge in [-0.2, -0.15) is 0 Å². The van der Waals surface area contributed by atoms with Crippen molar-refractivity contribution in [3.8, 4) is 0 Å². The maximum absolute atomic E-state index is 13.2. The zero-order valence-electron chi connectivity index (χ0n) is 47.4. The van der Waals surface area contributed by atoms with Gasteiger partial charge in [-0.15, -0.1) is 0 Å². The molecule has 1 heterocycles. The molecule has 0 aromatic rings. The topological polar surface area (TPSA) is 189 Å². The lowest BCUT2D eigenvalue weighted by Crippen LogP contribution is -2.60. The molecule has 0 aromatic heterocycles. The minimum atomic E-state index is -1.67. The summed E-state index contributed by atoms with van der Waals surface area (Å²) in [5.41, 5.74) is 0. The second-order valence-electron chi connectivity index (χ2n) is 22.1. The lowest BCUT2D eigenvalue weighted by atomic mass is 9.98. The highest BCUT2D eigenvalue weighted by Gasteiger charge is 2.44. The van der Waals surface area contributed by atoms with Gasteiger partial charge in [-0.3, -0.25) is 4.79 Å². The van der Waals surface area contributed by atoms with Gasteiger partial charge in [0, 0.05) is 0 Å². The summed E-state index contributed by atoms with van der Waals surface area (Å²) in [7, 11) is 0. The van der Waals surface area contributed by atoms with Crippen molar-refractivity contribution in [3.05, 3.63) is 24.3 Å². The Kier molecular flexibility index (Phi) is 49.0. The SMILES string of the molecule is CCCCCCCCCCCCCCCC/C=C/CC/C=C/CCCC(O)C(O)C(COC1OC(CO)C(O)C(O)C1O)NC(=O)C(O)CCCCCCCCCCCCCCCCCCCCCCCCC. The molecule has 0 bridgehead atoms. The summed E-state index contributed by atoms with van der Waals surface area (Å²) >= 11 is 0. The number of aliphatic hydroxyl groups is 7. The first kappa shape index (κ1) is 69.6.